The molecule has 0 bridgehead atoms. The van der Waals surface area contributed by atoms with Crippen LogP contribution in [0.2, 0.25) is 0 Å². The number of nitrogens with zero attached hydrogens (tertiary/aromatic N) is 2. The fraction of sp³-hybridized carbons (Fsp3) is 0.500. The molecular weight excluding hydrogens is 252 g/mol. The van der Waals surface area contributed by atoms with Gasteiger partial charge < -0.3 is 5.32 Å². The Morgan fingerprint density at radius 1 is 1.38 bits per heavy atom. The van der Waals surface area contributed by atoms with Crippen LogP contribution in [0.4, 0.5) is 0 Å². The fourth-order valence-electron chi connectivity index (χ4n) is 1.45. The Labute approximate surface area is 100 Å². The summed E-state index contributed by atoms with van der Waals surface area (Å²) in [5.41, 5.74) is 0. The number of hydrogen-bond donors (Lipinski definition) is 2. The van der Waals surface area contributed by atoms with Crippen LogP contribution in [0.5, 0.6) is 0 Å². The van der Waals surface area contributed by atoms with E-state index in [0.29, 0.717) is 6.54 Å². The maximum atomic E-state index is 11.7. The van der Waals surface area contributed by atoms with Crippen LogP contribution in [-0.4, -0.2) is 37.5 Å². The molecule has 2 heterocycles. The van der Waals surface area contributed by atoms with E-state index < -0.39 is 10.0 Å². The van der Waals surface area contributed by atoms with E-state index in [1.807, 2.05) is 0 Å². The first-order valence-corrected chi connectivity index (χ1v) is 6.17. The van der Waals surface area contributed by atoms with E-state index in [2.05, 4.69) is 20.0 Å². The maximum Gasteiger partial charge on any atom is 0.276 e. The molecule has 1 aliphatic rings. The van der Waals surface area contributed by atoms with Crippen LogP contribution >= 0.6 is 12.4 Å². The highest BCUT2D eigenvalue weighted by Crippen LogP contribution is 2.04. The lowest BCUT2D eigenvalue weighted by atomic mass is 10.3. The van der Waals surface area contributed by atoms with E-state index in [1.165, 1.54) is 12.4 Å². The van der Waals surface area contributed by atoms with Crippen molar-refractivity contribution in [2.45, 2.75) is 17.6 Å². The Bertz CT molecular complexity index is 419. The highest BCUT2D eigenvalue weighted by Gasteiger charge is 2.24. The Balaban J connectivity index is 0.00000128. The largest absolute Gasteiger partial charge is 0.315 e. The van der Waals surface area contributed by atoms with Crippen LogP contribution in [-0.2, 0) is 10.0 Å². The summed E-state index contributed by atoms with van der Waals surface area (Å²) in [6.45, 7) is 1.49. The summed E-state index contributed by atoms with van der Waals surface area (Å²) in [5.74, 6) is 0. The van der Waals surface area contributed by atoms with Gasteiger partial charge in [-0.3, -0.25) is 0 Å². The molecule has 1 aromatic heterocycles. The number of aromatic nitrogens is 2. The summed E-state index contributed by atoms with van der Waals surface area (Å²) < 4.78 is 26.0. The molecule has 0 unspecified atom stereocenters. The van der Waals surface area contributed by atoms with E-state index in [-0.39, 0.29) is 23.6 Å². The van der Waals surface area contributed by atoms with E-state index in [4.69, 9.17) is 0 Å². The number of hydrogen-bond acceptors (Lipinski definition) is 5. The van der Waals surface area contributed by atoms with Crippen molar-refractivity contribution in [3.63, 3.8) is 0 Å². The van der Waals surface area contributed by atoms with Crippen LogP contribution in [0.1, 0.15) is 6.42 Å². The number of sulfonamides is 1. The van der Waals surface area contributed by atoms with Crippen molar-refractivity contribution in [3.8, 4) is 0 Å². The maximum absolute atomic E-state index is 11.7. The fourth-order valence-corrected chi connectivity index (χ4v) is 2.60. The molecule has 0 aromatic carbocycles. The van der Waals surface area contributed by atoms with Crippen LogP contribution in [0.25, 0.3) is 0 Å². The number of halogens is 1. The van der Waals surface area contributed by atoms with Gasteiger partial charge in [0, 0.05) is 25.0 Å². The van der Waals surface area contributed by atoms with E-state index in [9.17, 15) is 8.42 Å². The lowest BCUT2D eigenvalue weighted by Gasteiger charge is -2.09. The zero-order valence-electron chi connectivity index (χ0n) is 8.46. The van der Waals surface area contributed by atoms with Gasteiger partial charge in [0.05, 0.1) is 0 Å². The summed E-state index contributed by atoms with van der Waals surface area (Å²) in [6, 6.07) is 1.52. The third kappa shape index (κ3) is 3.11. The second kappa shape index (κ2) is 5.53. The van der Waals surface area contributed by atoms with E-state index in [1.54, 1.807) is 6.07 Å². The van der Waals surface area contributed by atoms with Crippen molar-refractivity contribution in [2.75, 3.05) is 13.1 Å². The topological polar surface area (TPSA) is 84.0 Å². The minimum atomic E-state index is -3.56. The molecule has 0 spiro atoms. The van der Waals surface area contributed by atoms with Crippen LogP contribution < -0.4 is 10.0 Å². The molecule has 0 amide bonds. The summed E-state index contributed by atoms with van der Waals surface area (Å²) in [5, 5.41) is 2.91. The average Bonchev–Trinajstić information content (AvgIpc) is 2.71. The molecule has 1 aromatic rings. The van der Waals surface area contributed by atoms with E-state index in [0.717, 1.165) is 13.0 Å². The second-order valence-corrected chi connectivity index (χ2v) is 4.95. The van der Waals surface area contributed by atoms with Gasteiger partial charge in [-0.1, -0.05) is 0 Å². The van der Waals surface area contributed by atoms with Gasteiger partial charge in [0.25, 0.3) is 15.2 Å². The van der Waals surface area contributed by atoms with Crippen molar-refractivity contribution < 1.29 is 8.42 Å². The zero-order valence-corrected chi connectivity index (χ0v) is 10.1. The molecule has 2 N–H and O–H groups in total. The molecule has 16 heavy (non-hydrogen) atoms. The molecule has 1 aliphatic heterocycles. The van der Waals surface area contributed by atoms with Gasteiger partial charge >= 0.3 is 0 Å². The molecule has 2 rings (SSSR count). The molecular formula is C8H13ClN4O2S. The third-order valence-electron chi connectivity index (χ3n) is 2.16. The first-order chi connectivity index (χ1) is 7.18. The monoisotopic (exact) mass is 264 g/mol. The summed E-state index contributed by atoms with van der Waals surface area (Å²) in [4.78, 5) is 7.42. The summed E-state index contributed by atoms with van der Waals surface area (Å²) >= 11 is 0. The van der Waals surface area contributed by atoms with Gasteiger partial charge in [0.1, 0.15) is 0 Å². The van der Waals surface area contributed by atoms with Gasteiger partial charge in [-0.15, -0.1) is 12.4 Å². The second-order valence-electron chi connectivity index (χ2n) is 3.34. The average molecular weight is 265 g/mol. The van der Waals surface area contributed by atoms with Crippen LogP contribution in [0.3, 0.4) is 0 Å². The predicted molar refractivity (Wildman–Crippen MR) is 60.9 cm³/mol. The quantitative estimate of drug-likeness (QED) is 0.722. The first-order valence-electron chi connectivity index (χ1n) is 4.68. The molecule has 1 saturated heterocycles. The Morgan fingerprint density at radius 2 is 2.06 bits per heavy atom. The molecule has 0 aliphatic carbocycles. The minimum absolute atomic E-state index is 0. The summed E-state index contributed by atoms with van der Waals surface area (Å²) in [6.07, 6.45) is 3.62. The Kier molecular flexibility index (Phi) is 4.60. The molecule has 8 heteroatoms. The first kappa shape index (κ1) is 13.3. The highest BCUT2D eigenvalue weighted by molar-refractivity contribution is 7.89. The molecule has 0 saturated carbocycles. The van der Waals surface area contributed by atoms with Crippen molar-refractivity contribution in [1.82, 2.24) is 20.0 Å². The van der Waals surface area contributed by atoms with Crippen molar-refractivity contribution in [2.24, 2.45) is 0 Å². The lowest BCUT2D eigenvalue weighted by molar-refractivity contribution is 0.551. The minimum Gasteiger partial charge on any atom is -0.315 e. The van der Waals surface area contributed by atoms with E-state index >= 15 is 0 Å². The lowest BCUT2D eigenvalue weighted by Crippen LogP contribution is -2.36. The van der Waals surface area contributed by atoms with Gasteiger partial charge in [0.2, 0.25) is 0 Å². The van der Waals surface area contributed by atoms with Crippen molar-refractivity contribution in [1.29, 1.82) is 0 Å². The molecule has 0 radical (unpaired) electrons. The predicted octanol–water partition coefficient (Wildman–Crippen LogP) is -0.461. The van der Waals surface area contributed by atoms with Crippen molar-refractivity contribution in [3.05, 3.63) is 18.5 Å². The van der Waals surface area contributed by atoms with Crippen LogP contribution in [0.15, 0.2) is 23.6 Å². The molecule has 1 atom stereocenters. The Morgan fingerprint density at radius 3 is 2.62 bits per heavy atom. The third-order valence-corrected chi connectivity index (χ3v) is 3.50. The smallest absolute Gasteiger partial charge is 0.276 e. The molecule has 1 fully saturated rings. The van der Waals surface area contributed by atoms with Gasteiger partial charge in [-0.25, -0.2) is 23.1 Å². The standard InChI is InChI=1S/C8H12N4O2S.ClH/c13-15(14,8-10-3-1-4-11-8)12-7-2-5-9-6-7;/h1,3-4,7,9,12H,2,5-6H2;1H/t7-;/m0./s1. The van der Waals surface area contributed by atoms with Gasteiger partial charge in [0.15, 0.2) is 0 Å². The van der Waals surface area contributed by atoms with Gasteiger partial charge in [-0.2, -0.15) is 0 Å². The molecule has 6 nitrogen and oxygen atoms in total. The Hall–Kier alpha value is -0.760. The highest BCUT2D eigenvalue weighted by atomic mass is 35.5. The molecule has 90 valence electrons. The van der Waals surface area contributed by atoms with Crippen LogP contribution in [0, 0.1) is 0 Å². The number of rotatable bonds is 3. The number of nitrogens with one attached hydrogen (secondary N) is 2. The summed E-state index contributed by atoms with van der Waals surface area (Å²) in [7, 11) is -3.56. The van der Waals surface area contributed by atoms with Gasteiger partial charge in [-0.05, 0) is 19.0 Å². The normalized spacial score (nSPS) is 20.4. The van der Waals surface area contributed by atoms with Crippen molar-refractivity contribution >= 4 is 22.4 Å². The zero-order chi connectivity index (χ0) is 10.7. The SMILES string of the molecule is Cl.O=S(=O)(N[C@H]1CCNC1)c1ncccn1.